The highest BCUT2D eigenvalue weighted by atomic mass is 16.7. The number of benzene rings is 2. The molecule has 3 N–H and O–H groups in total. The van der Waals surface area contributed by atoms with Gasteiger partial charge in [-0.05, 0) is 42.7 Å². The Morgan fingerprint density at radius 2 is 1.58 bits per heavy atom. The van der Waals surface area contributed by atoms with Gasteiger partial charge in [0.15, 0.2) is 12.4 Å². The van der Waals surface area contributed by atoms with E-state index in [1.807, 2.05) is 37.3 Å². The molecule has 3 aromatic rings. The molecule has 0 bridgehead atoms. The van der Waals surface area contributed by atoms with E-state index in [1.165, 1.54) is 35.4 Å². The summed E-state index contributed by atoms with van der Waals surface area (Å²) >= 11 is 0. The molecule has 0 saturated heterocycles. The Balaban J connectivity index is 1.73. The average molecular weight is 795 g/mol. The summed E-state index contributed by atoms with van der Waals surface area (Å²) in [6.45, 7) is 3.26. The molecule has 4 amide bonds. The molecule has 0 radical (unpaired) electrons. The standard InChI is InChI=1S/C40H50N4O13/c1-6-8-10-15-28(31(7-2)44(25-45)56-22-26-13-11-9-12-14-26)37(48)41-24-42-39(50)33-19-18-32(57-33)27-16-17-29(34(20-27)55-23-36(47)53-4)38(49)43-30(40(51)54-5)21-35(46)52-3/h9,11-14,16-20,25,28,30-31H,6-8,10,15,21-24H2,1-5H3,(H,41,48)(H,42,50)(H,43,49)/t28-,30+,31-/m1/s1. The number of esters is 3. The molecule has 0 aliphatic heterocycles. The van der Waals surface area contributed by atoms with Gasteiger partial charge < -0.3 is 39.3 Å². The molecular formula is C40H50N4O13. The number of hydrogen-bond donors (Lipinski definition) is 3. The van der Waals surface area contributed by atoms with E-state index in [9.17, 15) is 33.6 Å². The minimum absolute atomic E-state index is 0.103. The van der Waals surface area contributed by atoms with Crippen LogP contribution in [0.15, 0.2) is 65.1 Å². The number of nitrogens with zero attached hydrogens (tertiary/aromatic N) is 1. The number of hydroxylamine groups is 2. The lowest BCUT2D eigenvalue weighted by Crippen LogP contribution is -2.48. The number of nitrogens with one attached hydrogen (secondary N) is 3. The van der Waals surface area contributed by atoms with Gasteiger partial charge in [-0.1, -0.05) is 69.5 Å². The number of furan rings is 1. The van der Waals surface area contributed by atoms with E-state index >= 15 is 0 Å². The lowest BCUT2D eigenvalue weighted by Gasteiger charge is -2.32. The van der Waals surface area contributed by atoms with Crippen molar-refractivity contribution in [2.75, 3.05) is 34.6 Å². The van der Waals surface area contributed by atoms with Crippen molar-refractivity contribution < 1.29 is 61.8 Å². The second-order valence-corrected chi connectivity index (χ2v) is 12.6. The number of carbonyl (C=O) groups is 7. The van der Waals surface area contributed by atoms with Crippen molar-refractivity contribution in [1.82, 2.24) is 21.0 Å². The van der Waals surface area contributed by atoms with Crippen LogP contribution < -0.4 is 20.7 Å². The maximum absolute atomic E-state index is 13.5. The minimum atomic E-state index is -1.39. The van der Waals surface area contributed by atoms with Crippen molar-refractivity contribution in [1.29, 1.82) is 0 Å². The molecule has 3 atom stereocenters. The predicted molar refractivity (Wildman–Crippen MR) is 203 cm³/mol. The molecule has 0 unspecified atom stereocenters. The number of carbonyl (C=O) groups excluding carboxylic acids is 7. The molecule has 57 heavy (non-hydrogen) atoms. The Hall–Kier alpha value is -6.23. The Bertz CT molecular complexity index is 1810. The molecule has 1 aromatic heterocycles. The van der Waals surface area contributed by atoms with Crippen molar-refractivity contribution in [3.8, 4) is 17.1 Å². The third-order valence-electron chi connectivity index (χ3n) is 8.81. The summed E-state index contributed by atoms with van der Waals surface area (Å²) in [4.78, 5) is 93.8. The quantitative estimate of drug-likeness (QED) is 0.0295. The highest BCUT2D eigenvalue weighted by Crippen LogP contribution is 2.30. The maximum atomic E-state index is 13.5. The van der Waals surface area contributed by atoms with Crippen LogP contribution in [0, 0.1) is 5.92 Å². The summed E-state index contributed by atoms with van der Waals surface area (Å²) in [6.07, 6.45) is 3.60. The molecule has 2 aromatic carbocycles. The third-order valence-corrected chi connectivity index (χ3v) is 8.81. The van der Waals surface area contributed by atoms with E-state index in [0.29, 0.717) is 24.8 Å². The number of methoxy groups -OCH3 is 3. The van der Waals surface area contributed by atoms with Crippen molar-refractivity contribution in [3.63, 3.8) is 0 Å². The fraction of sp³-hybridized carbons (Fsp3) is 0.425. The van der Waals surface area contributed by atoms with Crippen LogP contribution in [0.25, 0.3) is 11.3 Å². The molecule has 1 heterocycles. The lowest BCUT2D eigenvalue weighted by molar-refractivity contribution is -0.200. The van der Waals surface area contributed by atoms with Crippen LogP contribution in [0.2, 0.25) is 0 Å². The predicted octanol–water partition coefficient (Wildman–Crippen LogP) is 3.70. The molecule has 0 spiro atoms. The van der Waals surface area contributed by atoms with Gasteiger partial charge in [0, 0.05) is 5.56 Å². The molecule has 17 nitrogen and oxygen atoms in total. The summed E-state index contributed by atoms with van der Waals surface area (Å²) in [5.74, 6) is -4.90. The minimum Gasteiger partial charge on any atom is -0.481 e. The van der Waals surface area contributed by atoms with Crippen molar-refractivity contribution in [2.45, 2.75) is 71.1 Å². The van der Waals surface area contributed by atoms with Gasteiger partial charge in [-0.15, -0.1) is 0 Å². The summed E-state index contributed by atoms with van der Waals surface area (Å²) in [6, 6.07) is 14.5. The SMILES string of the molecule is CCCCC[C@@H](C(=O)NCNC(=O)c1ccc(-c2ccc(C(=O)N[C@@H](CC(=O)OC)C(=O)OC)c(OCC(=O)OC)c2)o1)[C@@H](CC)N(C=O)OCc1ccccc1. The van der Waals surface area contributed by atoms with E-state index in [2.05, 4.69) is 32.3 Å². The van der Waals surface area contributed by atoms with E-state index in [1.54, 1.807) is 0 Å². The van der Waals surface area contributed by atoms with Crippen LogP contribution in [-0.4, -0.2) is 93.8 Å². The third kappa shape index (κ3) is 13.8. The topological polar surface area (TPSA) is 218 Å². The fourth-order valence-electron chi connectivity index (χ4n) is 5.73. The van der Waals surface area contributed by atoms with E-state index in [-0.39, 0.29) is 42.0 Å². The molecule has 308 valence electrons. The first-order valence-electron chi connectivity index (χ1n) is 18.4. The highest BCUT2D eigenvalue weighted by Gasteiger charge is 2.32. The van der Waals surface area contributed by atoms with E-state index < -0.39 is 60.8 Å². The van der Waals surface area contributed by atoms with Gasteiger partial charge >= 0.3 is 17.9 Å². The monoisotopic (exact) mass is 794 g/mol. The van der Waals surface area contributed by atoms with Gasteiger partial charge in [-0.25, -0.2) is 14.7 Å². The van der Waals surface area contributed by atoms with Crippen LogP contribution >= 0.6 is 0 Å². The van der Waals surface area contributed by atoms with E-state index in [0.717, 1.165) is 46.2 Å². The first-order valence-corrected chi connectivity index (χ1v) is 18.4. The van der Waals surface area contributed by atoms with Gasteiger partial charge in [0.2, 0.25) is 12.3 Å². The van der Waals surface area contributed by atoms with Crippen molar-refractivity contribution in [3.05, 3.63) is 77.6 Å². The first-order chi connectivity index (χ1) is 27.5. The zero-order valence-corrected chi connectivity index (χ0v) is 32.7. The van der Waals surface area contributed by atoms with Crippen LogP contribution in [0.5, 0.6) is 5.75 Å². The summed E-state index contributed by atoms with van der Waals surface area (Å²) in [5.41, 5.74) is 1.09. The summed E-state index contributed by atoms with van der Waals surface area (Å²) < 4.78 is 25.3. The Labute approximate surface area is 330 Å². The molecule has 0 aliphatic rings. The summed E-state index contributed by atoms with van der Waals surface area (Å²) in [5, 5.41) is 8.96. The Kier molecular flexibility index (Phi) is 18.7. The summed E-state index contributed by atoms with van der Waals surface area (Å²) in [7, 11) is 3.37. The lowest BCUT2D eigenvalue weighted by atomic mass is 9.90. The normalized spacial score (nSPS) is 12.2. The van der Waals surface area contributed by atoms with Gasteiger partial charge in [0.25, 0.3) is 11.8 Å². The van der Waals surface area contributed by atoms with Crippen LogP contribution in [0.3, 0.4) is 0 Å². The van der Waals surface area contributed by atoms with Crippen LogP contribution in [0.4, 0.5) is 0 Å². The Morgan fingerprint density at radius 3 is 2.23 bits per heavy atom. The fourth-order valence-corrected chi connectivity index (χ4v) is 5.73. The van der Waals surface area contributed by atoms with Crippen LogP contribution in [0.1, 0.15) is 78.8 Å². The Morgan fingerprint density at radius 1 is 0.842 bits per heavy atom. The van der Waals surface area contributed by atoms with Crippen LogP contribution in [-0.2, 0) is 49.6 Å². The molecular weight excluding hydrogens is 744 g/mol. The number of unbranched alkanes of at least 4 members (excludes halogenated alkanes) is 2. The zero-order chi connectivity index (χ0) is 41.7. The first kappa shape index (κ1) is 45.2. The highest BCUT2D eigenvalue weighted by molar-refractivity contribution is 6.00. The van der Waals surface area contributed by atoms with Gasteiger partial charge in [0.05, 0.1) is 51.9 Å². The average Bonchev–Trinajstić information content (AvgIpc) is 3.73. The smallest absolute Gasteiger partial charge is 0.343 e. The van der Waals surface area contributed by atoms with Crippen molar-refractivity contribution in [2.24, 2.45) is 5.92 Å². The number of amides is 4. The molecule has 3 rings (SSSR count). The maximum Gasteiger partial charge on any atom is 0.343 e. The number of hydrogen-bond acceptors (Lipinski definition) is 13. The van der Waals surface area contributed by atoms with Gasteiger partial charge in [-0.3, -0.25) is 28.8 Å². The second kappa shape index (κ2) is 23.6. The number of ether oxygens (including phenoxy) is 4. The second-order valence-electron chi connectivity index (χ2n) is 12.6. The van der Waals surface area contributed by atoms with E-state index in [4.69, 9.17) is 18.7 Å². The number of rotatable bonds is 24. The van der Waals surface area contributed by atoms with Crippen molar-refractivity contribution >= 4 is 42.0 Å². The molecule has 0 fully saturated rings. The largest absolute Gasteiger partial charge is 0.481 e. The van der Waals surface area contributed by atoms with Gasteiger partial charge in [0.1, 0.15) is 24.2 Å². The molecule has 17 heteroatoms. The van der Waals surface area contributed by atoms with Gasteiger partial charge in [-0.2, -0.15) is 0 Å². The zero-order valence-electron chi connectivity index (χ0n) is 32.7. The molecule has 0 aliphatic carbocycles. The molecule has 0 saturated carbocycles.